The second-order valence-corrected chi connectivity index (χ2v) is 9.80. The first-order chi connectivity index (χ1) is 16.5. The minimum absolute atomic E-state index is 0.0862. The van der Waals surface area contributed by atoms with Crippen LogP contribution in [0.1, 0.15) is 38.5 Å². The predicted octanol–water partition coefficient (Wildman–Crippen LogP) is 3.98. The lowest BCUT2D eigenvalue weighted by Gasteiger charge is -2.47. The number of aryl methyl sites for hydroxylation is 1. The summed E-state index contributed by atoms with van der Waals surface area (Å²) >= 11 is 0. The molecule has 3 fully saturated rings. The lowest BCUT2D eigenvalue weighted by atomic mass is 9.87. The maximum Gasteiger partial charge on any atom is 0.147 e. The molecule has 0 radical (unpaired) electrons. The van der Waals surface area contributed by atoms with E-state index in [1.54, 1.807) is 36.5 Å². The van der Waals surface area contributed by atoms with E-state index in [0.29, 0.717) is 23.1 Å². The van der Waals surface area contributed by atoms with Crippen LogP contribution in [0.3, 0.4) is 0 Å². The van der Waals surface area contributed by atoms with Crippen LogP contribution in [0.4, 0.5) is 14.6 Å². The van der Waals surface area contributed by atoms with Crippen molar-refractivity contribution in [1.29, 1.82) is 0 Å². The van der Waals surface area contributed by atoms with E-state index in [4.69, 9.17) is 0 Å². The van der Waals surface area contributed by atoms with Crippen molar-refractivity contribution in [3.8, 4) is 28.1 Å². The van der Waals surface area contributed by atoms with E-state index in [2.05, 4.69) is 25.3 Å². The van der Waals surface area contributed by atoms with Crippen molar-refractivity contribution in [3.63, 3.8) is 0 Å². The molecule has 4 heterocycles. The summed E-state index contributed by atoms with van der Waals surface area (Å²) in [6, 6.07) is 2.98. The van der Waals surface area contributed by atoms with Crippen LogP contribution in [0.2, 0.25) is 0 Å². The number of alkyl halides is 1. The molecule has 9 heteroatoms. The molecule has 7 nitrogen and oxygen atoms in total. The molecule has 1 aromatic carbocycles. The van der Waals surface area contributed by atoms with Gasteiger partial charge in [-0.1, -0.05) is 0 Å². The van der Waals surface area contributed by atoms with E-state index >= 15 is 4.39 Å². The molecule has 1 saturated carbocycles. The average Bonchev–Trinajstić information content (AvgIpc) is 3.41. The van der Waals surface area contributed by atoms with Gasteiger partial charge in [-0.15, -0.1) is 0 Å². The van der Waals surface area contributed by atoms with Gasteiger partial charge in [0.05, 0.1) is 30.3 Å². The number of aromatic hydroxyl groups is 1. The number of piperidine rings is 1. The van der Waals surface area contributed by atoms with Crippen molar-refractivity contribution in [2.45, 2.75) is 68.9 Å². The number of nitrogens with one attached hydrogen (secondary N) is 1. The van der Waals surface area contributed by atoms with Gasteiger partial charge in [-0.3, -0.25) is 9.67 Å². The molecule has 2 aromatic heterocycles. The van der Waals surface area contributed by atoms with Crippen LogP contribution < -0.4 is 10.2 Å². The zero-order chi connectivity index (χ0) is 23.4. The zero-order valence-electron chi connectivity index (χ0n) is 19.0. The summed E-state index contributed by atoms with van der Waals surface area (Å²) in [4.78, 5) is 11.3. The molecule has 2 N–H and O–H groups in total. The first kappa shape index (κ1) is 21.5. The first-order valence-corrected chi connectivity index (χ1v) is 12.0. The number of aromatic nitrogens is 4. The van der Waals surface area contributed by atoms with Gasteiger partial charge < -0.3 is 15.3 Å². The van der Waals surface area contributed by atoms with E-state index in [0.717, 1.165) is 38.5 Å². The number of fused-ring (bicyclic) bond motifs is 2. The molecule has 2 aliphatic heterocycles. The molecular formula is C25H28F2N6O. The molecule has 2 bridgehead atoms. The quantitative estimate of drug-likeness (QED) is 0.592. The highest BCUT2D eigenvalue weighted by Gasteiger charge is 2.47. The number of phenols is 1. The number of rotatable bonds is 5. The number of benzene rings is 1. The van der Waals surface area contributed by atoms with Gasteiger partial charge in [0.1, 0.15) is 23.6 Å². The normalized spacial score (nSPS) is 26.4. The fourth-order valence-electron chi connectivity index (χ4n) is 5.68. The summed E-state index contributed by atoms with van der Waals surface area (Å²) in [5, 5.41) is 18.1. The molecule has 0 amide bonds. The number of hydrogen-bond acceptors (Lipinski definition) is 6. The van der Waals surface area contributed by atoms with Crippen LogP contribution in [-0.2, 0) is 7.05 Å². The van der Waals surface area contributed by atoms with Crippen molar-refractivity contribution >= 4 is 5.82 Å². The Hall–Kier alpha value is -3.07. The van der Waals surface area contributed by atoms with Gasteiger partial charge in [0.25, 0.3) is 0 Å². The minimum atomic E-state index is -0.945. The van der Waals surface area contributed by atoms with Crippen LogP contribution in [-0.4, -0.2) is 55.2 Å². The van der Waals surface area contributed by atoms with Crippen molar-refractivity contribution in [1.82, 2.24) is 25.1 Å². The van der Waals surface area contributed by atoms with Crippen molar-refractivity contribution in [2.24, 2.45) is 7.05 Å². The molecule has 2 unspecified atom stereocenters. The molecule has 34 heavy (non-hydrogen) atoms. The third-order valence-corrected chi connectivity index (χ3v) is 7.66. The van der Waals surface area contributed by atoms with Gasteiger partial charge in [-0.05, 0) is 50.7 Å². The van der Waals surface area contributed by atoms with Gasteiger partial charge >= 0.3 is 0 Å². The Morgan fingerprint density at radius 3 is 2.62 bits per heavy atom. The SMILES string of the molecule is Cn1cc(-c2cc(O)c(-c3cnc(N(C4CCC4)[C@H]4CC5CCC(N5)[C@H]4F)cn3)cc2F)cn1. The van der Waals surface area contributed by atoms with Crippen molar-refractivity contribution in [3.05, 3.63) is 42.7 Å². The third-order valence-electron chi connectivity index (χ3n) is 7.66. The molecular weight excluding hydrogens is 438 g/mol. The largest absolute Gasteiger partial charge is 0.507 e. The second kappa shape index (κ2) is 8.30. The van der Waals surface area contributed by atoms with Gasteiger partial charge in [0, 0.05) is 48.1 Å². The Bertz CT molecular complexity index is 1190. The highest BCUT2D eigenvalue weighted by molar-refractivity contribution is 5.74. The topological polar surface area (TPSA) is 79.1 Å². The molecule has 4 atom stereocenters. The smallest absolute Gasteiger partial charge is 0.147 e. The molecule has 0 spiro atoms. The van der Waals surface area contributed by atoms with E-state index in [-0.39, 0.29) is 35.0 Å². The third kappa shape index (κ3) is 3.62. The lowest BCUT2D eigenvalue weighted by Crippen LogP contribution is -2.60. The van der Waals surface area contributed by atoms with Gasteiger partial charge in [-0.2, -0.15) is 5.10 Å². The standard InChI is InChI=1S/C25H28F2N6O/c1-32-13-14(10-30-32)17-9-23(34)18(8-19(17)26)21-11-29-24(12-28-21)33(16-3-2-4-16)22-7-15-5-6-20(31-15)25(22)27/h8-13,15-16,20,22,25,31,34H,2-7H2,1H3/t15?,20?,22-,25+/m0/s1. The van der Waals surface area contributed by atoms with Gasteiger partial charge in [0.15, 0.2) is 0 Å². The number of anilines is 1. The minimum Gasteiger partial charge on any atom is -0.507 e. The summed E-state index contributed by atoms with van der Waals surface area (Å²) in [6.07, 6.45) is 11.3. The van der Waals surface area contributed by atoms with E-state index in [9.17, 15) is 9.50 Å². The van der Waals surface area contributed by atoms with E-state index in [1.807, 2.05) is 0 Å². The Balaban J connectivity index is 1.30. The predicted molar refractivity (Wildman–Crippen MR) is 125 cm³/mol. The fourth-order valence-corrected chi connectivity index (χ4v) is 5.68. The highest BCUT2D eigenvalue weighted by atomic mass is 19.1. The summed E-state index contributed by atoms with van der Waals surface area (Å²) in [6.45, 7) is 0. The molecule has 3 aliphatic rings. The molecule has 178 valence electrons. The summed E-state index contributed by atoms with van der Waals surface area (Å²) in [5.74, 6) is 0.0828. The van der Waals surface area contributed by atoms with Crippen molar-refractivity contribution < 1.29 is 13.9 Å². The molecule has 1 aliphatic carbocycles. The Morgan fingerprint density at radius 2 is 1.94 bits per heavy atom. The van der Waals surface area contributed by atoms with E-state index < -0.39 is 12.0 Å². The number of phenolic OH excluding ortho intramolecular Hbond substituents is 1. The lowest BCUT2D eigenvalue weighted by molar-refractivity contribution is 0.157. The Morgan fingerprint density at radius 1 is 1.09 bits per heavy atom. The maximum atomic E-state index is 15.4. The van der Waals surface area contributed by atoms with Crippen molar-refractivity contribution in [2.75, 3.05) is 4.90 Å². The molecule has 6 rings (SSSR count). The summed E-state index contributed by atoms with van der Waals surface area (Å²) in [5.41, 5.74) is 1.48. The Kier molecular flexibility index (Phi) is 5.24. The number of nitrogens with zero attached hydrogens (tertiary/aromatic N) is 5. The van der Waals surface area contributed by atoms with Crippen LogP contribution >= 0.6 is 0 Å². The fraction of sp³-hybridized carbons (Fsp3) is 0.480. The Labute approximate surface area is 196 Å². The maximum absolute atomic E-state index is 15.4. The second-order valence-electron chi connectivity index (χ2n) is 9.80. The molecule has 3 aromatic rings. The number of hydrogen-bond donors (Lipinski definition) is 2. The van der Waals surface area contributed by atoms with Crippen LogP contribution in [0.5, 0.6) is 5.75 Å². The zero-order valence-corrected chi connectivity index (χ0v) is 19.0. The monoisotopic (exact) mass is 466 g/mol. The van der Waals surface area contributed by atoms with Gasteiger partial charge in [0.2, 0.25) is 0 Å². The van der Waals surface area contributed by atoms with E-state index in [1.165, 1.54) is 12.1 Å². The first-order valence-electron chi connectivity index (χ1n) is 12.0. The summed E-state index contributed by atoms with van der Waals surface area (Å²) < 4.78 is 31.9. The molecule has 2 saturated heterocycles. The van der Waals surface area contributed by atoms with Gasteiger partial charge in [-0.25, -0.2) is 13.8 Å². The van der Waals surface area contributed by atoms with Crippen LogP contribution in [0.15, 0.2) is 36.9 Å². The van der Waals surface area contributed by atoms with Crippen LogP contribution in [0.25, 0.3) is 22.4 Å². The number of halogens is 2. The average molecular weight is 467 g/mol. The summed E-state index contributed by atoms with van der Waals surface area (Å²) in [7, 11) is 1.75. The van der Waals surface area contributed by atoms with Crippen LogP contribution in [0, 0.1) is 5.82 Å². The highest BCUT2D eigenvalue weighted by Crippen LogP contribution is 2.39.